The average Bonchev–Trinajstić information content (AvgIpc) is 2.35. The van der Waals surface area contributed by atoms with Crippen LogP contribution in [-0.4, -0.2) is 12.0 Å². The number of amides is 1. The van der Waals surface area contributed by atoms with E-state index in [4.69, 9.17) is 15.8 Å². The number of hydrogen-bond acceptors (Lipinski definition) is 4. The molecule has 1 rings (SSSR count). The largest absolute Gasteiger partial charge is 0.477 e. The van der Waals surface area contributed by atoms with E-state index in [2.05, 4.69) is 0 Å². The van der Waals surface area contributed by atoms with E-state index in [0.717, 1.165) is 6.07 Å². The number of ether oxygens (including phenoxy) is 1. The van der Waals surface area contributed by atoms with Crippen molar-refractivity contribution in [3.63, 3.8) is 0 Å². The van der Waals surface area contributed by atoms with Gasteiger partial charge in [0.25, 0.3) is 5.91 Å². The Kier molecular flexibility index (Phi) is 4.63. The van der Waals surface area contributed by atoms with Gasteiger partial charge in [0, 0.05) is 0 Å². The highest BCUT2D eigenvalue weighted by molar-refractivity contribution is 5.80. The number of nitrogens with one attached hydrogen (secondary N) is 1. The maximum absolute atomic E-state index is 13.6. The van der Waals surface area contributed by atoms with Crippen molar-refractivity contribution in [3.8, 4) is 11.8 Å². The maximum Gasteiger partial charge on any atom is 0.275 e. The third-order valence-corrected chi connectivity index (χ3v) is 2.32. The van der Waals surface area contributed by atoms with Gasteiger partial charge in [0.1, 0.15) is 0 Å². The van der Waals surface area contributed by atoms with Crippen LogP contribution in [0.5, 0.6) is 5.75 Å². The molecular weight excluding hydrogens is 237 g/mol. The Hall–Kier alpha value is -2.13. The highest BCUT2D eigenvalue weighted by Crippen LogP contribution is 2.21. The number of rotatable bonds is 4. The van der Waals surface area contributed by atoms with Crippen LogP contribution in [0.25, 0.3) is 0 Å². The van der Waals surface area contributed by atoms with E-state index in [0.29, 0.717) is 0 Å². The van der Waals surface area contributed by atoms with Crippen molar-refractivity contribution in [2.75, 3.05) is 0 Å². The van der Waals surface area contributed by atoms with Crippen molar-refractivity contribution < 1.29 is 13.9 Å². The van der Waals surface area contributed by atoms with Crippen LogP contribution in [0.15, 0.2) is 18.2 Å². The highest BCUT2D eigenvalue weighted by Gasteiger charge is 2.24. The number of nitrogens with zero attached hydrogens (tertiary/aromatic N) is 1. The lowest BCUT2D eigenvalue weighted by Crippen LogP contribution is -2.44. The van der Waals surface area contributed by atoms with Gasteiger partial charge < -0.3 is 4.74 Å². The van der Waals surface area contributed by atoms with Gasteiger partial charge in [-0.1, -0.05) is 13.8 Å². The normalized spacial score (nSPS) is 11.8. The first kappa shape index (κ1) is 13.9. The fourth-order valence-electron chi connectivity index (χ4n) is 1.38. The number of nitrogens with two attached hydrogens (primary N) is 1. The number of nitriles is 1. The van der Waals surface area contributed by atoms with Crippen molar-refractivity contribution in [2.45, 2.75) is 20.0 Å². The van der Waals surface area contributed by atoms with Crippen LogP contribution >= 0.6 is 0 Å². The van der Waals surface area contributed by atoms with Crippen LogP contribution in [0.2, 0.25) is 0 Å². The predicted molar refractivity (Wildman–Crippen MR) is 62.7 cm³/mol. The zero-order chi connectivity index (χ0) is 13.7. The van der Waals surface area contributed by atoms with Gasteiger partial charge in [0.2, 0.25) is 0 Å². The molecule has 96 valence electrons. The summed E-state index contributed by atoms with van der Waals surface area (Å²) in [6.07, 6.45) is -0.891. The monoisotopic (exact) mass is 251 g/mol. The molecule has 6 heteroatoms. The van der Waals surface area contributed by atoms with Gasteiger partial charge in [-0.3, -0.25) is 10.2 Å². The van der Waals surface area contributed by atoms with Gasteiger partial charge in [-0.15, -0.1) is 0 Å². The second kappa shape index (κ2) is 5.98. The minimum absolute atomic E-state index is 0.0868. The molecule has 5 nitrogen and oxygen atoms in total. The quantitative estimate of drug-likeness (QED) is 0.476. The molecule has 1 aromatic carbocycles. The van der Waals surface area contributed by atoms with Crippen LogP contribution in [0, 0.1) is 23.1 Å². The zero-order valence-electron chi connectivity index (χ0n) is 10.1. The molecule has 1 atom stereocenters. The summed E-state index contributed by atoms with van der Waals surface area (Å²) in [4.78, 5) is 11.5. The summed E-state index contributed by atoms with van der Waals surface area (Å²) in [5.41, 5.74) is 2.15. The van der Waals surface area contributed by atoms with Gasteiger partial charge in [0.05, 0.1) is 11.6 Å². The summed E-state index contributed by atoms with van der Waals surface area (Å²) >= 11 is 0. The van der Waals surface area contributed by atoms with Crippen LogP contribution in [-0.2, 0) is 4.79 Å². The van der Waals surface area contributed by atoms with Gasteiger partial charge >= 0.3 is 0 Å². The molecule has 0 fully saturated rings. The molecule has 0 spiro atoms. The topological polar surface area (TPSA) is 88.1 Å². The molecule has 0 bridgehead atoms. The van der Waals surface area contributed by atoms with Crippen LogP contribution < -0.4 is 16.0 Å². The molecule has 0 aliphatic rings. The van der Waals surface area contributed by atoms with E-state index in [1.807, 2.05) is 11.5 Å². The van der Waals surface area contributed by atoms with Gasteiger partial charge in [-0.25, -0.2) is 10.2 Å². The summed E-state index contributed by atoms with van der Waals surface area (Å²) in [5.74, 6) is 3.54. The summed E-state index contributed by atoms with van der Waals surface area (Å²) in [5, 5.41) is 8.61. The molecule has 0 aliphatic heterocycles. The molecule has 0 saturated carbocycles. The van der Waals surface area contributed by atoms with E-state index in [-0.39, 0.29) is 17.2 Å². The number of halogens is 1. The van der Waals surface area contributed by atoms with Crippen LogP contribution in [0.3, 0.4) is 0 Å². The first-order valence-corrected chi connectivity index (χ1v) is 5.36. The van der Waals surface area contributed by atoms with E-state index >= 15 is 0 Å². The second-order valence-electron chi connectivity index (χ2n) is 4.05. The third-order valence-electron chi connectivity index (χ3n) is 2.32. The van der Waals surface area contributed by atoms with Crippen molar-refractivity contribution in [1.82, 2.24) is 5.43 Å². The van der Waals surface area contributed by atoms with Gasteiger partial charge in [-0.05, 0) is 24.1 Å². The molecule has 1 unspecified atom stereocenters. The smallest absolute Gasteiger partial charge is 0.275 e. The molecule has 0 radical (unpaired) electrons. The molecule has 0 saturated heterocycles. The lowest BCUT2D eigenvalue weighted by Gasteiger charge is -2.20. The number of hydrogen-bond donors (Lipinski definition) is 2. The predicted octanol–water partition coefficient (Wildman–Crippen LogP) is 1.09. The second-order valence-corrected chi connectivity index (χ2v) is 4.05. The summed E-state index contributed by atoms with van der Waals surface area (Å²) in [7, 11) is 0. The van der Waals surface area contributed by atoms with Gasteiger partial charge in [0.15, 0.2) is 17.7 Å². The number of carbonyl (C=O) groups is 1. The Morgan fingerprint density at radius 3 is 2.67 bits per heavy atom. The molecule has 1 amide bonds. The minimum Gasteiger partial charge on any atom is -0.477 e. The van der Waals surface area contributed by atoms with E-state index in [1.54, 1.807) is 13.8 Å². The first-order chi connectivity index (χ1) is 8.49. The molecule has 1 aromatic rings. The lowest BCUT2D eigenvalue weighted by molar-refractivity contribution is -0.129. The minimum atomic E-state index is -0.891. The van der Waals surface area contributed by atoms with E-state index in [9.17, 15) is 9.18 Å². The van der Waals surface area contributed by atoms with Crippen molar-refractivity contribution >= 4 is 5.91 Å². The average molecular weight is 251 g/mol. The van der Waals surface area contributed by atoms with E-state index < -0.39 is 17.8 Å². The molecule has 18 heavy (non-hydrogen) atoms. The highest BCUT2D eigenvalue weighted by atomic mass is 19.1. The Morgan fingerprint density at radius 2 is 2.22 bits per heavy atom. The zero-order valence-corrected chi connectivity index (χ0v) is 10.1. The van der Waals surface area contributed by atoms with Gasteiger partial charge in [-0.2, -0.15) is 5.26 Å². The Morgan fingerprint density at radius 1 is 1.56 bits per heavy atom. The number of hydrazine groups is 1. The molecule has 0 aliphatic carbocycles. The molecule has 0 heterocycles. The first-order valence-electron chi connectivity index (χ1n) is 5.36. The Balaban J connectivity index is 2.95. The summed E-state index contributed by atoms with van der Waals surface area (Å²) in [6, 6.07) is 5.58. The standard InChI is InChI=1S/C12H14FN3O2/c1-7(2)11(12(17)16-15)18-10-4-3-8(6-14)5-9(10)13/h3-5,7,11H,15H2,1-2H3,(H,16,17). The van der Waals surface area contributed by atoms with Crippen molar-refractivity contribution in [3.05, 3.63) is 29.6 Å². The third kappa shape index (κ3) is 3.18. The van der Waals surface area contributed by atoms with Crippen LogP contribution in [0.4, 0.5) is 4.39 Å². The number of benzene rings is 1. The summed E-state index contributed by atoms with van der Waals surface area (Å²) in [6.45, 7) is 3.50. The van der Waals surface area contributed by atoms with Crippen LogP contribution in [0.1, 0.15) is 19.4 Å². The maximum atomic E-state index is 13.6. The SMILES string of the molecule is CC(C)C(Oc1ccc(C#N)cc1F)C(=O)NN. The van der Waals surface area contributed by atoms with Crippen molar-refractivity contribution in [1.29, 1.82) is 5.26 Å². The molecule has 0 aromatic heterocycles. The Bertz CT molecular complexity index is 483. The lowest BCUT2D eigenvalue weighted by atomic mass is 10.1. The summed E-state index contributed by atoms with van der Waals surface area (Å²) < 4.78 is 18.9. The fourth-order valence-corrected chi connectivity index (χ4v) is 1.38. The molecular formula is C12H14FN3O2. The van der Waals surface area contributed by atoms with Crippen molar-refractivity contribution in [2.24, 2.45) is 11.8 Å². The molecule has 3 N–H and O–H groups in total. The number of carbonyl (C=O) groups excluding carboxylic acids is 1. The fraction of sp³-hybridized carbons (Fsp3) is 0.333. The van der Waals surface area contributed by atoms with E-state index in [1.165, 1.54) is 12.1 Å². The Labute approximate surface area is 104 Å².